The molecule has 0 aromatic heterocycles. The van der Waals surface area contributed by atoms with Gasteiger partial charge in [-0.15, -0.1) is 0 Å². The van der Waals surface area contributed by atoms with Crippen LogP contribution in [0, 0.1) is 11.8 Å². The molecule has 1 aliphatic carbocycles. The molecule has 0 saturated heterocycles. The summed E-state index contributed by atoms with van der Waals surface area (Å²) >= 11 is 0. The molecule has 1 N–H and O–H groups in total. The van der Waals surface area contributed by atoms with Crippen molar-refractivity contribution < 1.29 is 9.84 Å². The highest BCUT2D eigenvalue weighted by atomic mass is 16.5. The molecule has 1 aromatic rings. The minimum atomic E-state index is -0.135. The average Bonchev–Trinajstić information content (AvgIpc) is 2.53. The van der Waals surface area contributed by atoms with Crippen molar-refractivity contribution in [2.75, 3.05) is 0 Å². The van der Waals surface area contributed by atoms with Crippen LogP contribution < -0.4 is 4.74 Å². The topological polar surface area (TPSA) is 29.5 Å². The maximum atomic E-state index is 10.8. The summed E-state index contributed by atoms with van der Waals surface area (Å²) in [6.45, 7) is 9.07. The van der Waals surface area contributed by atoms with Crippen molar-refractivity contribution in [1.82, 2.24) is 0 Å². The maximum absolute atomic E-state index is 10.8. The Morgan fingerprint density at radius 2 is 1.88 bits per heavy atom. The fourth-order valence-electron chi connectivity index (χ4n) is 5.09. The van der Waals surface area contributed by atoms with Gasteiger partial charge in [0.15, 0.2) is 0 Å². The lowest BCUT2D eigenvalue weighted by Crippen LogP contribution is -2.46. The van der Waals surface area contributed by atoms with Crippen molar-refractivity contribution in [3.8, 4) is 11.5 Å². The molecule has 0 bridgehead atoms. The van der Waals surface area contributed by atoms with Crippen molar-refractivity contribution in [2.45, 2.75) is 97.0 Å². The SMILES string of the molecule is CCCCCCCc1cc(O)c2c(c1)OC(C)(C)[C@@H]1CCC(C)C[C@@H]21. The highest BCUT2D eigenvalue weighted by molar-refractivity contribution is 5.52. The number of phenolic OH excluding ortho intramolecular Hbond substituents is 1. The molecule has 3 atom stereocenters. The molecule has 140 valence electrons. The zero-order chi connectivity index (χ0) is 18.0. The highest BCUT2D eigenvalue weighted by Gasteiger charge is 2.47. The molecule has 1 aromatic carbocycles. The normalized spacial score (nSPS) is 27.3. The molecule has 0 spiro atoms. The molecule has 0 radical (unpaired) electrons. The van der Waals surface area contributed by atoms with Gasteiger partial charge in [0.25, 0.3) is 0 Å². The standard InChI is InChI=1S/C23H36O2/c1-5-6-7-8-9-10-17-14-20(24)22-18-13-16(2)11-12-19(18)23(3,4)25-21(22)15-17/h14-16,18-19,24H,5-13H2,1-4H3/t16?,18-,19-/m1/s1. The van der Waals surface area contributed by atoms with Crippen LogP contribution in [0.15, 0.2) is 12.1 Å². The van der Waals surface area contributed by atoms with E-state index >= 15 is 0 Å². The third kappa shape index (κ3) is 3.99. The van der Waals surface area contributed by atoms with E-state index in [0.29, 0.717) is 17.6 Å². The van der Waals surface area contributed by atoms with Crippen molar-refractivity contribution in [2.24, 2.45) is 11.8 Å². The van der Waals surface area contributed by atoms with E-state index < -0.39 is 0 Å². The highest BCUT2D eigenvalue weighted by Crippen LogP contribution is 2.55. The van der Waals surface area contributed by atoms with Crippen LogP contribution in [0.2, 0.25) is 0 Å². The molecule has 25 heavy (non-hydrogen) atoms. The van der Waals surface area contributed by atoms with E-state index in [4.69, 9.17) is 4.74 Å². The quantitative estimate of drug-likeness (QED) is 0.589. The number of unbranched alkanes of at least 4 members (excludes halogenated alkanes) is 4. The predicted molar refractivity (Wildman–Crippen MR) is 105 cm³/mol. The lowest BCUT2D eigenvalue weighted by Gasteiger charge is -2.48. The fourth-order valence-corrected chi connectivity index (χ4v) is 5.09. The van der Waals surface area contributed by atoms with Crippen LogP contribution in [-0.2, 0) is 6.42 Å². The van der Waals surface area contributed by atoms with Crippen LogP contribution >= 0.6 is 0 Å². The molecule has 1 aliphatic heterocycles. The van der Waals surface area contributed by atoms with E-state index in [-0.39, 0.29) is 5.60 Å². The van der Waals surface area contributed by atoms with Crippen molar-refractivity contribution in [3.05, 3.63) is 23.3 Å². The zero-order valence-corrected chi connectivity index (χ0v) is 16.6. The van der Waals surface area contributed by atoms with Crippen molar-refractivity contribution >= 4 is 0 Å². The second kappa shape index (κ2) is 7.60. The summed E-state index contributed by atoms with van der Waals surface area (Å²) in [5.74, 6) is 3.12. The van der Waals surface area contributed by atoms with E-state index in [0.717, 1.165) is 23.7 Å². The van der Waals surface area contributed by atoms with Gasteiger partial charge in [-0.1, -0.05) is 46.0 Å². The summed E-state index contributed by atoms with van der Waals surface area (Å²) in [5, 5.41) is 10.8. The first-order valence-electron chi connectivity index (χ1n) is 10.5. The van der Waals surface area contributed by atoms with E-state index in [1.165, 1.54) is 56.9 Å². The molecule has 1 heterocycles. The van der Waals surface area contributed by atoms with Crippen LogP contribution in [0.4, 0.5) is 0 Å². The number of aromatic hydroxyl groups is 1. The second-order valence-electron chi connectivity index (χ2n) is 9.03. The number of phenols is 1. The van der Waals surface area contributed by atoms with Gasteiger partial charge in [-0.25, -0.2) is 0 Å². The van der Waals surface area contributed by atoms with Gasteiger partial charge >= 0.3 is 0 Å². The summed E-state index contributed by atoms with van der Waals surface area (Å²) in [7, 11) is 0. The Morgan fingerprint density at radius 1 is 1.12 bits per heavy atom. The van der Waals surface area contributed by atoms with E-state index in [1.54, 1.807) is 0 Å². The van der Waals surface area contributed by atoms with E-state index in [9.17, 15) is 5.11 Å². The molecule has 0 amide bonds. The zero-order valence-electron chi connectivity index (χ0n) is 16.6. The molecule has 3 rings (SSSR count). The first-order chi connectivity index (χ1) is 11.9. The Bertz CT molecular complexity index is 590. The minimum Gasteiger partial charge on any atom is -0.508 e. The Labute approximate surface area is 154 Å². The molecule has 2 nitrogen and oxygen atoms in total. The lowest BCUT2D eigenvalue weighted by molar-refractivity contribution is -0.0145. The molecule has 1 fully saturated rings. The Morgan fingerprint density at radius 3 is 2.64 bits per heavy atom. The number of rotatable bonds is 6. The van der Waals surface area contributed by atoms with Gasteiger partial charge in [0.1, 0.15) is 17.1 Å². The Kier molecular flexibility index (Phi) is 5.65. The number of aryl methyl sites for hydroxylation is 1. The van der Waals surface area contributed by atoms with Gasteiger partial charge in [0.05, 0.1) is 0 Å². The van der Waals surface area contributed by atoms with E-state index in [2.05, 4.69) is 33.8 Å². The van der Waals surface area contributed by atoms with Crippen LogP contribution in [0.1, 0.15) is 96.1 Å². The van der Waals surface area contributed by atoms with E-state index in [1.807, 2.05) is 6.07 Å². The third-order valence-electron chi connectivity index (χ3n) is 6.50. The summed E-state index contributed by atoms with van der Waals surface area (Å²) in [6.07, 6.45) is 11.1. The largest absolute Gasteiger partial charge is 0.508 e. The molecular formula is C23H36O2. The number of fused-ring (bicyclic) bond motifs is 3. The Balaban J connectivity index is 1.80. The Hall–Kier alpha value is -1.18. The maximum Gasteiger partial charge on any atom is 0.127 e. The van der Waals surface area contributed by atoms with Gasteiger partial charge in [-0.2, -0.15) is 0 Å². The van der Waals surface area contributed by atoms with Gasteiger partial charge in [0.2, 0.25) is 0 Å². The van der Waals surface area contributed by atoms with Crippen molar-refractivity contribution in [1.29, 1.82) is 0 Å². The second-order valence-corrected chi connectivity index (χ2v) is 9.03. The van der Waals surface area contributed by atoms with Gasteiger partial charge in [-0.05, 0) is 69.1 Å². The third-order valence-corrected chi connectivity index (χ3v) is 6.50. The fraction of sp³-hybridized carbons (Fsp3) is 0.739. The summed E-state index contributed by atoms with van der Waals surface area (Å²) in [5.41, 5.74) is 2.18. The monoisotopic (exact) mass is 344 g/mol. The first kappa shape index (κ1) is 18.6. The van der Waals surface area contributed by atoms with Crippen LogP contribution in [0.25, 0.3) is 0 Å². The lowest BCUT2D eigenvalue weighted by atomic mass is 9.64. The van der Waals surface area contributed by atoms with Crippen molar-refractivity contribution in [3.63, 3.8) is 0 Å². The molecule has 2 aliphatic rings. The van der Waals surface area contributed by atoms with Gasteiger partial charge < -0.3 is 9.84 Å². The number of ether oxygens (including phenoxy) is 1. The number of hydrogen-bond donors (Lipinski definition) is 1. The van der Waals surface area contributed by atoms with Gasteiger partial charge in [-0.3, -0.25) is 0 Å². The molecule has 1 saturated carbocycles. The minimum absolute atomic E-state index is 0.135. The van der Waals surface area contributed by atoms with Gasteiger partial charge in [0, 0.05) is 11.5 Å². The first-order valence-corrected chi connectivity index (χ1v) is 10.5. The molecule has 2 heteroatoms. The predicted octanol–water partition coefficient (Wildman–Crippen LogP) is 6.60. The number of hydrogen-bond acceptors (Lipinski definition) is 2. The summed E-state index contributed by atoms with van der Waals surface area (Å²) in [6, 6.07) is 4.22. The average molecular weight is 345 g/mol. The van der Waals surface area contributed by atoms with Crippen LogP contribution in [0.3, 0.4) is 0 Å². The summed E-state index contributed by atoms with van der Waals surface area (Å²) in [4.78, 5) is 0. The smallest absolute Gasteiger partial charge is 0.127 e. The molecule has 1 unspecified atom stereocenters. The van der Waals surface area contributed by atoms with Crippen LogP contribution in [0.5, 0.6) is 11.5 Å². The summed E-state index contributed by atoms with van der Waals surface area (Å²) < 4.78 is 6.43. The van der Waals surface area contributed by atoms with Crippen LogP contribution in [-0.4, -0.2) is 10.7 Å². The number of benzene rings is 1. The molecular weight excluding hydrogens is 308 g/mol.